The van der Waals surface area contributed by atoms with Gasteiger partial charge in [-0.15, -0.1) is 0 Å². The summed E-state index contributed by atoms with van der Waals surface area (Å²) in [6.45, 7) is 5.82. The van der Waals surface area contributed by atoms with Gasteiger partial charge in [-0.25, -0.2) is 8.42 Å². The summed E-state index contributed by atoms with van der Waals surface area (Å²) < 4.78 is 27.1. The van der Waals surface area contributed by atoms with Crippen LogP contribution in [0.15, 0.2) is 24.3 Å². The Balaban J connectivity index is 2.18. The fraction of sp³-hybridized carbons (Fsp3) is 0.600. The Hall–Kier alpha value is -1.07. The minimum Gasteiger partial charge on any atom is -0.315 e. The maximum absolute atomic E-state index is 12.7. The van der Waals surface area contributed by atoms with Crippen LogP contribution in [-0.2, 0) is 16.4 Å². The predicted octanol–water partition coefficient (Wildman–Crippen LogP) is 2.16. The van der Waals surface area contributed by atoms with E-state index in [9.17, 15) is 8.42 Å². The third kappa shape index (κ3) is 3.15. The fourth-order valence-corrected chi connectivity index (χ4v) is 4.17. The molecule has 4 nitrogen and oxygen atoms in total. The molecule has 0 aliphatic carbocycles. The van der Waals surface area contributed by atoms with Crippen molar-refractivity contribution < 1.29 is 8.42 Å². The number of para-hydroxylation sites is 1. The highest BCUT2D eigenvalue weighted by Crippen LogP contribution is 2.30. The van der Waals surface area contributed by atoms with Crippen molar-refractivity contribution in [1.82, 2.24) is 5.32 Å². The highest BCUT2D eigenvalue weighted by molar-refractivity contribution is 7.93. The van der Waals surface area contributed by atoms with E-state index in [1.165, 1.54) is 0 Å². The first-order valence-electron chi connectivity index (χ1n) is 7.37. The summed E-state index contributed by atoms with van der Waals surface area (Å²) in [6, 6.07) is 7.82. The van der Waals surface area contributed by atoms with Gasteiger partial charge >= 0.3 is 0 Å². The lowest BCUT2D eigenvalue weighted by atomic mass is 10.0. The summed E-state index contributed by atoms with van der Waals surface area (Å²) in [5.41, 5.74) is 2.00. The molecule has 0 saturated carbocycles. The van der Waals surface area contributed by atoms with Crippen molar-refractivity contribution in [1.29, 1.82) is 0 Å². The molecule has 1 atom stereocenters. The number of fused-ring (bicyclic) bond motifs is 1. The van der Waals surface area contributed by atoms with Gasteiger partial charge in [0.1, 0.15) is 0 Å². The number of sulfonamides is 1. The van der Waals surface area contributed by atoms with Gasteiger partial charge in [0.15, 0.2) is 0 Å². The van der Waals surface area contributed by atoms with Crippen LogP contribution < -0.4 is 9.62 Å². The van der Waals surface area contributed by atoms with Crippen LogP contribution in [0.1, 0.15) is 32.3 Å². The van der Waals surface area contributed by atoms with Crippen molar-refractivity contribution >= 4 is 15.7 Å². The summed E-state index contributed by atoms with van der Waals surface area (Å²) in [7, 11) is -3.29. The minimum atomic E-state index is -3.29. The summed E-state index contributed by atoms with van der Waals surface area (Å²) in [5.74, 6) is 0. The number of rotatable bonds is 6. The van der Waals surface area contributed by atoms with E-state index in [0.29, 0.717) is 13.1 Å². The van der Waals surface area contributed by atoms with Crippen molar-refractivity contribution in [2.24, 2.45) is 0 Å². The maximum Gasteiger partial charge on any atom is 0.239 e. The molecule has 1 unspecified atom stereocenters. The summed E-state index contributed by atoms with van der Waals surface area (Å²) in [6.07, 6.45) is 2.87. The molecule has 1 aromatic carbocycles. The molecule has 5 heteroatoms. The first kappa shape index (κ1) is 15.3. The highest BCUT2D eigenvalue weighted by atomic mass is 32.2. The Morgan fingerprint density at radius 2 is 2.10 bits per heavy atom. The van der Waals surface area contributed by atoms with E-state index in [2.05, 4.69) is 12.2 Å². The second kappa shape index (κ2) is 6.59. The fourth-order valence-electron chi connectivity index (χ4n) is 2.57. The van der Waals surface area contributed by atoms with Crippen molar-refractivity contribution in [2.45, 2.75) is 38.4 Å². The van der Waals surface area contributed by atoms with Crippen LogP contribution in [-0.4, -0.2) is 33.3 Å². The van der Waals surface area contributed by atoms with Crippen molar-refractivity contribution in [3.05, 3.63) is 29.8 Å². The Morgan fingerprint density at radius 1 is 1.35 bits per heavy atom. The van der Waals surface area contributed by atoms with Gasteiger partial charge in [0.2, 0.25) is 10.0 Å². The summed E-state index contributed by atoms with van der Waals surface area (Å²) >= 11 is 0. The number of hydrogen-bond donors (Lipinski definition) is 1. The number of nitrogens with one attached hydrogen (secondary N) is 1. The third-order valence-corrected chi connectivity index (χ3v) is 5.92. The number of hydrogen-bond acceptors (Lipinski definition) is 3. The van der Waals surface area contributed by atoms with Gasteiger partial charge in [0.25, 0.3) is 0 Å². The molecule has 0 fully saturated rings. The van der Waals surface area contributed by atoms with Crippen molar-refractivity contribution in [3.63, 3.8) is 0 Å². The topological polar surface area (TPSA) is 49.4 Å². The van der Waals surface area contributed by atoms with Crippen molar-refractivity contribution in [2.75, 3.05) is 23.9 Å². The van der Waals surface area contributed by atoms with Crippen LogP contribution in [0.4, 0.5) is 5.69 Å². The summed E-state index contributed by atoms with van der Waals surface area (Å²) in [5, 5.41) is 2.80. The van der Waals surface area contributed by atoms with Crippen LogP contribution in [0, 0.1) is 0 Å². The molecule has 1 N–H and O–H groups in total. The largest absolute Gasteiger partial charge is 0.315 e. The molecule has 0 amide bonds. The SMILES string of the molecule is CCCNCC(C)S(=O)(=O)N1CCCc2ccccc21. The van der Waals surface area contributed by atoms with Gasteiger partial charge in [-0.1, -0.05) is 25.1 Å². The molecule has 0 aromatic heterocycles. The van der Waals surface area contributed by atoms with E-state index in [0.717, 1.165) is 37.1 Å². The standard InChI is InChI=1S/C15H24N2O2S/c1-3-10-16-12-13(2)20(18,19)17-11-6-8-14-7-4-5-9-15(14)17/h4-5,7,9,13,16H,3,6,8,10-12H2,1-2H3. The van der Waals surface area contributed by atoms with Gasteiger partial charge < -0.3 is 5.32 Å². The van der Waals surface area contributed by atoms with Crippen LogP contribution in [0.5, 0.6) is 0 Å². The van der Waals surface area contributed by atoms with Crippen LogP contribution in [0.2, 0.25) is 0 Å². The normalized spacial score (nSPS) is 16.8. The Bertz CT molecular complexity index is 543. The molecule has 0 radical (unpaired) electrons. The monoisotopic (exact) mass is 296 g/mol. The number of nitrogens with zero attached hydrogens (tertiary/aromatic N) is 1. The zero-order valence-corrected chi connectivity index (χ0v) is 13.1. The van der Waals surface area contributed by atoms with Crippen molar-refractivity contribution in [3.8, 4) is 0 Å². The molecule has 1 aliphatic heterocycles. The molecule has 0 saturated heterocycles. The second-order valence-corrected chi connectivity index (χ2v) is 7.64. The third-order valence-electron chi connectivity index (χ3n) is 3.74. The van der Waals surface area contributed by atoms with E-state index >= 15 is 0 Å². The molecule has 2 rings (SSSR count). The quantitative estimate of drug-likeness (QED) is 0.818. The molecule has 0 spiro atoms. The number of anilines is 1. The Morgan fingerprint density at radius 3 is 2.85 bits per heavy atom. The minimum absolute atomic E-state index is 0.403. The average Bonchev–Trinajstić information content (AvgIpc) is 2.46. The van der Waals surface area contributed by atoms with E-state index in [1.807, 2.05) is 24.3 Å². The molecular weight excluding hydrogens is 272 g/mol. The first-order valence-corrected chi connectivity index (χ1v) is 8.88. The Labute approximate surface area is 122 Å². The van der Waals surface area contributed by atoms with E-state index < -0.39 is 15.3 Å². The molecule has 112 valence electrons. The lowest BCUT2D eigenvalue weighted by Crippen LogP contribution is -2.44. The first-order chi connectivity index (χ1) is 9.57. The molecule has 1 heterocycles. The number of aryl methyl sites for hydroxylation is 1. The lowest BCUT2D eigenvalue weighted by molar-refractivity contribution is 0.562. The number of benzene rings is 1. The van der Waals surface area contributed by atoms with Crippen LogP contribution in [0.3, 0.4) is 0 Å². The van der Waals surface area contributed by atoms with E-state index in [-0.39, 0.29) is 0 Å². The highest BCUT2D eigenvalue weighted by Gasteiger charge is 2.31. The molecule has 1 aliphatic rings. The lowest BCUT2D eigenvalue weighted by Gasteiger charge is -2.32. The molecule has 20 heavy (non-hydrogen) atoms. The van der Waals surface area contributed by atoms with Gasteiger partial charge in [-0.3, -0.25) is 4.31 Å². The molecule has 0 bridgehead atoms. The molecule has 1 aromatic rings. The summed E-state index contributed by atoms with van der Waals surface area (Å²) in [4.78, 5) is 0. The van der Waals surface area contributed by atoms with Gasteiger partial charge in [-0.2, -0.15) is 0 Å². The average molecular weight is 296 g/mol. The van der Waals surface area contributed by atoms with Gasteiger partial charge in [0, 0.05) is 13.1 Å². The second-order valence-electron chi connectivity index (χ2n) is 5.36. The Kier molecular flexibility index (Phi) is 5.05. The van der Waals surface area contributed by atoms with E-state index in [1.54, 1.807) is 11.2 Å². The van der Waals surface area contributed by atoms with Crippen LogP contribution in [0.25, 0.3) is 0 Å². The smallest absolute Gasteiger partial charge is 0.239 e. The predicted molar refractivity (Wildman–Crippen MR) is 83.7 cm³/mol. The van der Waals surface area contributed by atoms with Crippen LogP contribution >= 0.6 is 0 Å². The maximum atomic E-state index is 12.7. The zero-order chi connectivity index (χ0) is 14.6. The molecular formula is C15H24N2O2S. The van der Waals surface area contributed by atoms with Gasteiger partial charge in [-0.05, 0) is 44.4 Å². The van der Waals surface area contributed by atoms with E-state index in [4.69, 9.17) is 0 Å². The van der Waals surface area contributed by atoms with Gasteiger partial charge in [0.05, 0.1) is 10.9 Å². The zero-order valence-electron chi connectivity index (χ0n) is 12.3.